The Morgan fingerprint density at radius 1 is 1.54 bits per heavy atom. The molecule has 0 atom stereocenters. The molecule has 1 aliphatic rings. The second kappa shape index (κ2) is 2.85. The van der Waals surface area contributed by atoms with Gasteiger partial charge in [0.25, 0.3) is 0 Å². The lowest BCUT2D eigenvalue weighted by Crippen LogP contribution is -2.17. The highest BCUT2D eigenvalue weighted by Gasteiger charge is 2.24. The molecule has 13 heavy (non-hydrogen) atoms. The van der Waals surface area contributed by atoms with Gasteiger partial charge in [0.1, 0.15) is 17.3 Å². The van der Waals surface area contributed by atoms with Gasteiger partial charge in [0.05, 0.1) is 12.3 Å². The standard InChI is InChI=1S/C8H11NO3S/c9-4-7-3-6-1-2-13(10,11)5-8(6)12-7/h3H,1-2,4-5,9H2. The van der Waals surface area contributed by atoms with Gasteiger partial charge in [0.2, 0.25) is 0 Å². The van der Waals surface area contributed by atoms with Crippen LogP contribution in [0.1, 0.15) is 17.1 Å². The largest absolute Gasteiger partial charge is 0.463 e. The number of rotatable bonds is 1. The van der Waals surface area contributed by atoms with E-state index in [1.165, 1.54) is 0 Å². The van der Waals surface area contributed by atoms with E-state index >= 15 is 0 Å². The average Bonchev–Trinajstić information content (AvgIpc) is 2.44. The summed E-state index contributed by atoms with van der Waals surface area (Å²) in [7, 11) is -2.93. The minimum Gasteiger partial charge on any atom is -0.463 e. The smallest absolute Gasteiger partial charge is 0.157 e. The Morgan fingerprint density at radius 3 is 3.00 bits per heavy atom. The minimum atomic E-state index is -2.93. The molecule has 0 aromatic carbocycles. The predicted molar refractivity (Wildman–Crippen MR) is 47.8 cm³/mol. The fourth-order valence-electron chi connectivity index (χ4n) is 1.50. The van der Waals surface area contributed by atoms with Gasteiger partial charge in [-0.3, -0.25) is 0 Å². The quantitative estimate of drug-likeness (QED) is 0.705. The van der Waals surface area contributed by atoms with Crippen LogP contribution in [0.15, 0.2) is 10.5 Å². The summed E-state index contributed by atoms with van der Waals surface area (Å²) in [4.78, 5) is 0. The van der Waals surface area contributed by atoms with Gasteiger partial charge < -0.3 is 10.2 Å². The lowest BCUT2D eigenvalue weighted by molar-refractivity contribution is 0.472. The maximum absolute atomic E-state index is 11.2. The fourth-order valence-corrected chi connectivity index (χ4v) is 2.82. The molecule has 0 saturated carbocycles. The molecule has 0 amide bonds. The topological polar surface area (TPSA) is 73.3 Å². The maximum Gasteiger partial charge on any atom is 0.157 e. The molecule has 4 nitrogen and oxygen atoms in total. The van der Waals surface area contributed by atoms with Crippen molar-refractivity contribution < 1.29 is 12.8 Å². The van der Waals surface area contributed by atoms with E-state index in [4.69, 9.17) is 10.2 Å². The molecule has 0 spiro atoms. The van der Waals surface area contributed by atoms with Crippen molar-refractivity contribution in [3.05, 3.63) is 23.2 Å². The van der Waals surface area contributed by atoms with Crippen molar-refractivity contribution in [2.75, 3.05) is 5.75 Å². The summed E-state index contributed by atoms with van der Waals surface area (Å²) in [5, 5.41) is 0. The third-order valence-electron chi connectivity index (χ3n) is 2.18. The van der Waals surface area contributed by atoms with Crippen LogP contribution in [0, 0.1) is 0 Å². The van der Waals surface area contributed by atoms with Crippen LogP contribution in [0.2, 0.25) is 0 Å². The van der Waals surface area contributed by atoms with Gasteiger partial charge in [0.15, 0.2) is 9.84 Å². The molecule has 1 aromatic rings. The lowest BCUT2D eigenvalue weighted by atomic mass is 10.2. The van der Waals surface area contributed by atoms with Crippen molar-refractivity contribution in [2.24, 2.45) is 5.73 Å². The Bertz CT molecular complexity index is 419. The number of nitrogens with two attached hydrogens (primary N) is 1. The van der Waals surface area contributed by atoms with Crippen molar-refractivity contribution >= 4 is 9.84 Å². The van der Waals surface area contributed by atoms with Gasteiger partial charge in [-0.2, -0.15) is 0 Å². The van der Waals surface area contributed by atoms with E-state index < -0.39 is 9.84 Å². The molecule has 0 fully saturated rings. The molecule has 2 heterocycles. The molecule has 5 heteroatoms. The molecule has 1 aliphatic heterocycles. The summed E-state index contributed by atoms with van der Waals surface area (Å²) in [6, 6.07) is 1.85. The summed E-state index contributed by atoms with van der Waals surface area (Å²) in [5.74, 6) is 1.50. The molecule has 0 saturated heterocycles. The zero-order chi connectivity index (χ0) is 9.47. The summed E-state index contributed by atoms with van der Waals surface area (Å²) in [6.45, 7) is 0.326. The molecule has 0 radical (unpaired) electrons. The first-order chi connectivity index (χ1) is 6.11. The zero-order valence-corrected chi connectivity index (χ0v) is 7.93. The third-order valence-corrected chi connectivity index (χ3v) is 3.71. The molecular weight excluding hydrogens is 190 g/mol. The second-order valence-electron chi connectivity index (χ2n) is 3.21. The summed E-state index contributed by atoms with van der Waals surface area (Å²) < 4.78 is 27.7. The first kappa shape index (κ1) is 8.77. The Kier molecular flexibility index (Phi) is 1.92. The number of hydrogen-bond acceptors (Lipinski definition) is 4. The van der Waals surface area contributed by atoms with E-state index in [9.17, 15) is 8.42 Å². The van der Waals surface area contributed by atoms with Crippen LogP contribution in [-0.4, -0.2) is 14.2 Å². The SMILES string of the molecule is NCc1cc2c(o1)CS(=O)(=O)CC2. The average molecular weight is 201 g/mol. The fraction of sp³-hybridized carbons (Fsp3) is 0.500. The molecule has 0 bridgehead atoms. The molecule has 1 aromatic heterocycles. The van der Waals surface area contributed by atoms with Gasteiger partial charge in [-0.15, -0.1) is 0 Å². The van der Waals surface area contributed by atoms with Crippen LogP contribution in [0.4, 0.5) is 0 Å². The monoisotopic (exact) mass is 201 g/mol. The predicted octanol–water partition coefficient (Wildman–Crippen LogP) is 0.209. The number of sulfone groups is 1. The Labute approximate surface area is 76.6 Å². The van der Waals surface area contributed by atoms with Gasteiger partial charge in [-0.1, -0.05) is 0 Å². The number of fused-ring (bicyclic) bond motifs is 1. The van der Waals surface area contributed by atoms with Crippen molar-refractivity contribution in [3.63, 3.8) is 0 Å². The van der Waals surface area contributed by atoms with Gasteiger partial charge in [-0.25, -0.2) is 8.42 Å². The van der Waals surface area contributed by atoms with E-state index in [0.717, 1.165) is 5.56 Å². The van der Waals surface area contributed by atoms with E-state index in [0.29, 0.717) is 24.5 Å². The van der Waals surface area contributed by atoms with Crippen LogP contribution in [0.25, 0.3) is 0 Å². The zero-order valence-electron chi connectivity index (χ0n) is 7.12. The third kappa shape index (κ3) is 1.62. The van der Waals surface area contributed by atoms with Gasteiger partial charge >= 0.3 is 0 Å². The molecular formula is C8H11NO3S. The van der Waals surface area contributed by atoms with Crippen LogP contribution in [-0.2, 0) is 28.6 Å². The first-order valence-electron chi connectivity index (χ1n) is 4.12. The Morgan fingerprint density at radius 2 is 2.31 bits per heavy atom. The van der Waals surface area contributed by atoms with Crippen molar-refractivity contribution in [2.45, 2.75) is 18.7 Å². The van der Waals surface area contributed by atoms with Gasteiger partial charge in [0, 0.05) is 0 Å². The molecule has 0 aliphatic carbocycles. The number of hydrogen-bond donors (Lipinski definition) is 1. The first-order valence-corrected chi connectivity index (χ1v) is 5.94. The van der Waals surface area contributed by atoms with E-state index in [1.807, 2.05) is 6.07 Å². The number of furan rings is 1. The highest BCUT2D eigenvalue weighted by atomic mass is 32.2. The Balaban J connectivity index is 2.40. The van der Waals surface area contributed by atoms with Crippen molar-refractivity contribution in [3.8, 4) is 0 Å². The molecule has 2 rings (SSSR count). The van der Waals surface area contributed by atoms with Crippen LogP contribution in [0.5, 0.6) is 0 Å². The highest BCUT2D eigenvalue weighted by molar-refractivity contribution is 7.90. The summed E-state index contributed by atoms with van der Waals surface area (Å²) >= 11 is 0. The summed E-state index contributed by atoms with van der Waals surface area (Å²) in [5.41, 5.74) is 6.38. The minimum absolute atomic E-state index is 0.0301. The van der Waals surface area contributed by atoms with E-state index in [2.05, 4.69) is 0 Å². The van der Waals surface area contributed by atoms with E-state index in [1.54, 1.807) is 0 Å². The van der Waals surface area contributed by atoms with Crippen LogP contribution < -0.4 is 5.73 Å². The van der Waals surface area contributed by atoms with Crippen molar-refractivity contribution in [1.82, 2.24) is 0 Å². The van der Waals surface area contributed by atoms with Crippen molar-refractivity contribution in [1.29, 1.82) is 0 Å². The normalized spacial score (nSPS) is 19.8. The molecule has 2 N–H and O–H groups in total. The van der Waals surface area contributed by atoms with E-state index in [-0.39, 0.29) is 11.5 Å². The van der Waals surface area contributed by atoms with Gasteiger partial charge in [-0.05, 0) is 18.1 Å². The number of aryl methyl sites for hydroxylation is 1. The molecule has 0 unspecified atom stereocenters. The molecule has 72 valence electrons. The van der Waals surface area contributed by atoms with Crippen LogP contribution in [0.3, 0.4) is 0 Å². The highest BCUT2D eigenvalue weighted by Crippen LogP contribution is 2.23. The lowest BCUT2D eigenvalue weighted by Gasteiger charge is -2.09. The summed E-state index contributed by atoms with van der Waals surface area (Å²) in [6.07, 6.45) is 0.557. The van der Waals surface area contributed by atoms with Crippen LogP contribution >= 0.6 is 0 Å². The second-order valence-corrected chi connectivity index (χ2v) is 5.39. The maximum atomic E-state index is 11.2. The Hall–Kier alpha value is -0.810.